The van der Waals surface area contributed by atoms with E-state index in [2.05, 4.69) is 5.32 Å². The number of aromatic nitrogens is 1. The number of carbonyl (C=O) groups is 1. The van der Waals surface area contributed by atoms with Gasteiger partial charge in [0.15, 0.2) is 0 Å². The normalized spacial score (nSPS) is 11.9. The minimum absolute atomic E-state index is 0.101. The third kappa shape index (κ3) is 3.27. The number of rotatable bonds is 4. The molecule has 1 heterocycles. The molecule has 2 rings (SSSR count). The SMILES string of the molecule is CCn1cc(NC(=O)C(Cl)c2ccccc2)ccc1=O. The lowest BCUT2D eigenvalue weighted by atomic mass is 10.1. The Labute approximate surface area is 122 Å². The van der Waals surface area contributed by atoms with Crippen LogP contribution >= 0.6 is 11.6 Å². The van der Waals surface area contributed by atoms with Crippen LogP contribution in [0.2, 0.25) is 0 Å². The van der Waals surface area contributed by atoms with Gasteiger partial charge in [0.1, 0.15) is 5.38 Å². The maximum atomic E-state index is 12.1. The topological polar surface area (TPSA) is 51.1 Å². The highest BCUT2D eigenvalue weighted by molar-refractivity contribution is 6.32. The predicted molar refractivity (Wildman–Crippen MR) is 80.0 cm³/mol. The van der Waals surface area contributed by atoms with Crippen molar-refractivity contribution >= 4 is 23.2 Å². The number of hydrogen-bond donors (Lipinski definition) is 1. The highest BCUT2D eigenvalue weighted by Crippen LogP contribution is 2.21. The Balaban J connectivity index is 2.14. The summed E-state index contributed by atoms with van der Waals surface area (Å²) in [6, 6.07) is 12.1. The first-order chi connectivity index (χ1) is 9.61. The van der Waals surface area contributed by atoms with E-state index in [-0.39, 0.29) is 11.5 Å². The Hall–Kier alpha value is -2.07. The first kappa shape index (κ1) is 14.3. The number of amides is 1. The van der Waals surface area contributed by atoms with Gasteiger partial charge in [-0.3, -0.25) is 9.59 Å². The van der Waals surface area contributed by atoms with Crippen LogP contribution in [-0.4, -0.2) is 10.5 Å². The quantitative estimate of drug-likeness (QED) is 0.880. The molecule has 0 aliphatic heterocycles. The van der Waals surface area contributed by atoms with Gasteiger partial charge in [-0.15, -0.1) is 11.6 Å². The molecule has 1 amide bonds. The zero-order valence-electron chi connectivity index (χ0n) is 11.0. The lowest BCUT2D eigenvalue weighted by Gasteiger charge is -2.12. The van der Waals surface area contributed by atoms with E-state index in [9.17, 15) is 9.59 Å². The van der Waals surface area contributed by atoms with Crippen LogP contribution in [0.3, 0.4) is 0 Å². The van der Waals surface area contributed by atoms with E-state index in [1.807, 2.05) is 25.1 Å². The molecular formula is C15H15ClN2O2. The molecule has 2 aromatic rings. The smallest absolute Gasteiger partial charge is 0.250 e. The van der Waals surface area contributed by atoms with Crippen LogP contribution in [0.15, 0.2) is 53.5 Å². The van der Waals surface area contributed by atoms with E-state index in [0.29, 0.717) is 12.2 Å². The van der Waals surface area contributed by atoms with Gasteiger partial charge in [-0.1, -0.05) is 30.3 Å². The molecule has 0 aliphatic carbocycles. The Morgan fingerprint density at radius 1 is 1.25 bits per heavy atom. The van der Waals surface area contributed by atoms with Crippen molar-refractivity contribution in [2.24, 2.45) is 0 Å². The molecule has 1 aromatic heterocycles. The van der Waals surface area contributed by atoms with Crippen molar-refractivity contribution in [3.05, 3.63) is 64.6 Å². The molecule has 0 aliphatic rings. The van der Waals surface area contributed by atoms with E-state index in [0.717, 1.165) is 5.56 Å². The summed E-state index contributed by atoms with van der Waals surface area (Å²) in [5, 5.41) is 1.95. The number of anilines is 1. The maximum Gasteiger partial charge on any atom is 0.250 e. The van der Waals surface area contributed by atoms with Gasteiger partial charge in [0.25, 0.3) is 5.56 Å². The zero-order chi connectivity index (χ0) is 14.5. The summed E-state index contributed by atoms with van der Waals surface area (Å²) in [7, 11) is 0. The van der Waals surface area contributed by atoms with Gasteiger partial charge in [0, 0.05) is 18.8 Å². The molecule has 1 aromatic carbocycles. The Bertz CT molecular complexity index is 652. The molecular weight excluding hydrogens is 276 g/mol. The Kier molecular flexibility index (Phi) is 4.58. The molecule has 0 bridgehead atoms. The van der Waals surface area contributed by atoms with Crippen LogP contribution in [0, 0.1) is 0 Å². The summed E-state index contributed by atoms with van der Waals surface area (Å²) in [5.41, 5.74) is 1.18. The molecule has 0 spiro atoms. The number of hydrogen-bond acceptors (Lipinski definition) is 2. The highest BCUT2D eigenvalue weighted by Gasteiger charge is 2.17. The lowest BCUT2D eigenvalue weighted by molar-refractivity contribution is -0.116. The third-order valence-corrected chi connectivity index (χ3v) is 3.36. The van der Waals surface area contributed by atoms with Crippen LogP contribution in [0.25, 0.3) is 0 Å². The Morgan fingerprint density at radius 2 is 1.95 bits per heavy atom. The number of benzene rings is 1. The van der Waals surface area contributed by atoms with Crippen molar-refractivity contribution in [2.45, 2.75) is 18.8 Å². The lowest BCUT2D eigenvalue weighted by Crippen LogP contribution is -2.21. The van der Waals surface area contributed by atoms with Crippen LogP contribution in [-0.2, 0) is 11.3 Å². The fraction of sp³-hybridized carbons (Fsp3) is 0.200. The molecule has 0 radical (unpaired) electrons. The number of nitrogens with one attached hydrogen (secondary N) is 1. The van der Waals surface area contributed by atoms with E-state index < -0.39 is 5.38 Å². The summed E-state index contributed by atoms with van der Waals surface area (Å²) >= 11 is 6.13. The predicted octanol–water partition coefficient (Wildman–Crippen LogP) is 2.79. The first-order valence-electron chi connectivity index (χ1n) is 6.32. The number of aryl methyl sites for hydroxylation is 1. The number of alkyl halides is 1. The fourth-order valence-corrected chi connectivity index (χ4v) is 2.03. The fourth-order valence-electron chi connectivity index (χ4n) is 1.83. The van der Waals surface area contributed by atoms with Crippen LogP contribution < -0.4 is 10.9 Å². The zero-order valence-corrected chi connectivity index (χ0v) is 11.8. The number of pyridine rings is 1. The van der Waals surface area contributed by atoms with Gasteiger partial charge in [-0.25, -0.2) is 0 Å². The van der Waals surface area contributed by atoms with Crippen LogP contribution in [0.1, 0.15) is 17.9 Å². The second kappa shape index (κ2) is 6.39. The van der Waals surface area contributed by atoms with Crippen LogP contribution in [0.5, 0.6) is 0 Å². The second-order valence-electron chi connectivity index (χ2n) is 4.30. The molecule has 20 heavy (non-hydrogen) atoms. The van der Waals surface area contributed by atoms with Gasteiger partial charge in [0.2, 0.25) is 5.91 Å². The molecule has 0 saturated heterocycles. The average Bonchev–Trinajstić information content (AvgIpc) is 2.49. The van der Waals surface area contributed by atoms with Gasteiger partial charge in [-0.2, -0.15) is 0 Å². The largest absolute Gasteiger partial charge is 0.323 e. The van der Waals surface area contributed by atoms with Gasteiger partial charge >= 0.3 is 0 Å². The molecule has 1 unspecified atom stereocenters. The molecule has 0 saturated carbocycles. The summed E-state index contributed by atoms with van der Waals surface area (Å²) in [5.74, 6) is -0.320. The number of nitrogens with zero attached hydrogens (tertiary/aromatic N) is 1. The van der Waals surface area contributed by atoms with E-state index in [1.165, 1.54) is 10.6 Å². The van der Waals surface area contributed by atoms with E-state index in [4.69, 9.17) is 11.6 Å². The Morgan fingerprint density at radius 3 is 2.60 bits per heavy atom. The minimum Gasteiger partial charge on any atom is -0.323 e. The average molecular weight is 291 g/mol. The van der Waals surface area contributed by atoms with Crippen LogP contribution in [0.4, 0.5) is 5.69 Å². The van der Waals surface area contributed by atoms with Gasteiger partial charge in [0.05, 0.1) is 5.69 Å². The molecule has 5 heteroatoms. The van der Waals surface area contributed by atoms with Crippen molar-refractivity contribution in [3.63, 3.8) is 0 Å². The van der Waals surface area contributed by atoms with Crippen molar-refractivity contribution in [3.8, 4) is 0 Å². The number of halogens is 1. The standard InChI is InChI=1S/C15H15ClN2O2/c1-2-18-10-12(8-9-13(18)19)17-15(20)14(16)11-6-4-3-5-7-11/h3-10,14H,2H2,1H3,(H,17,20). The monoisotopic (exact) mass is 290 g/mol. The molecule has 4 nitrogen and oxygen atoms in total. The maximum absolute atomic E-state index is 12.1. The molecule has 0 fully saturated rings. The van der Waals surface area contributed by atoms with Gasteiger partial charge < -0.3 is 9.88 Å². The summed E-state index contributed by atoms with van der Waals surface area (Å²) < 4.78 is 1.52. The molecule has 104 valence electrons. The van der Waals surface area contributed by atoms with E-state index in [1.54, 1.807) is 24.4 Å². The van der Waals surface area contributed by atoms with Crippen molar-refractivity contribution in [1.82, 2.24) is 4.57 Å². The molecule has 1 N–H and O–H groups in total. The summed E-state index contributed by atoms with van der Waals surface area (Å²) in [4.78, 5) is 23.5. The highest BCUT2D eigenvalue weighted by atomic mass is 35.5. The van der Waals surface area contributed by atoms with Crippen molar-refractivity contribution in [2.75, 3.05) is 5.32 Å². The van der Waals surface area contributed by atoms with Gasteiger partial charge in [-0.05, 0) is 18.6 Å². The van der Waals surface area contributed by atoms with E-state index >= 15 is 0 Å². The molecule has 1 atom stereocenters. The summed E-state index contributed by atoms with van der Waals surface area (Å²) in [6.07, 6.45) is 1.61. The minimum atomic E-state index is -0.766. The van der Waals surface area contributed by atoms with Crippen molar-refractivity contribution < 1.29 is 4.79 Å². The number of carbonyl (C=O) groups excluding carboxylic acids is 1. The second-order valence-corrected chi connectivity index (χ2v) is 4.74. The summed E-state index contributed by atoms with van der Waals surface area (Å²) in [6.45, 7) is 2.41. The first-order valence-corrected chi connectivity index (χ1v) is 6.76. The third-order valence-electron chi connectivity index (χ3n) is 2.91. The van der Waals surface area contributed by atoms with Crippen molar-refractivity contribution in [1.29, 1.82) is 0 Å².